The van der Waals surface area contributed by atoms with E-state index < -0.39 is 21.7 Å². The number of ether oxygens (including phenoxy) is 1. The quantitative estimate of drug-likeness (QED) is 0.808. The molecule has 20 heavy (non-hydrogen) atoms. The molecule has 0 amide bonds. The topological polar surface area (TPSA) is 73.6 Å². The summed E-state index contributed by atoms with van der Waals surface area (Å²) in [5.74, 6) is -0.486. The zero-order valence-corrected chi connectivity index (χ0v) is 11.6. The molecule has 106 valence electrons. The van der Waals surface area contributed by atoms with Crippen molar-refractivity contribution < 1.29 is 22.4 Å². The van der Waals surface area contributed by atoms with E-state index in [1.54, 1.807) is 0 Å². The summed E-state index contributed by atoms with van der Waals surface area (Å²) in [4.78, 5) is 11.8. The fourth-order valence-electron chi connectivity index (χ4n) is 2.35. The van der Waals surface area contributed by atoms with Crippen molar-refractivity contribution in [3.8, 4) is 0 Å². The van der Waals surface area contributed by atoms with Crippen molar-refractivity contribution in [1.82, 2.24) is 0 Å². The van der Waals surface area contributed by atoms with Gasteiger partial charge in [-0.05, 0) is 18.6 Å². The van der Waals surface area contributed by atoms with E-state index in [1.807, 2.05) is 30.3 Å². The summed E-state index contributed by atoms with van der Waals surface area (Å²) in [6, 6.07) is 9.33. The van der Waals surface area contributed by atoms with Crippen molar-refractivity contribution in [2.75, 3.05) is 11.5 Å². The van der Waals surface area contributed by atoms with Crippen LogP contribution in [0, 0.1) is 5.92 Å². The number of carbonyl (C=O) groups is 1. The molecule has 2 aromatic rings. The number of benzene rings is 1. The van der Waals surface area contributed by atoms with Gasteiger partial charge in [-0.25, -0.2) is 8.42 Å². The largest absolute Gasteiger partial charge is 0.457 e. The molecule has 0 spiro atoms. The number of hydrogen-bond donors (Lipinski definition) is 0. The van der Waals surface area contributed by atoms with Gasteiger partial charge in [-0.3, -0.25) is 4.79 Å². The Bertz CT molecular complexity index is 711. The van der Waals surface area contributed by atoms with Gasteiger partial charge >= 0.3 is 5.97 Å². The zero-order valence-electron chi connectivity index (χ0n) is 10.7. The van der Waals surface area contributed by atoms with Crippen LogP contribution >= 0.6 is 0 Å². The Labute approximate surface area is 116 Å². The van der Waals surface area contributed by atoms with Gasteiger partial charge < -0.3 is 9.15 Å². The molecule has 1 aliphatic rings. The molecule has 1 aromatic carbocycles. The first-order valence-electron chi connectivity index (χ1n) is 6.38. The molecule has 0 bridgehead atoms. The maximum Gasteiger partial charge on any atom is 0.310 e. The first-order valence-corrected chi connectivity index (χ1v) is 8.20. The second-order valence-electron chi connectivity index (χ2n) is 4.96. The van der Waals surface area contributed by atoms with Gasteiger partial charge in [0.05, 0.1) is 17.4 Å². The molecule has 5 nitrogen and oxygen atoms in total. The molecule has 0 radical (unpaired) electrons. The van der Waals surface area contributed by atoms with Crippen molar-refractivity contribution in [3.05, 3.63) is 36.1 Å². The molecule has 0 saturated carbocycles. The zero-order chi connectivity index (χ0) is 14.2. The summed E-state index contributed by atoms with van der Waals surface area (Å²) in [6.07, 6.45) is 0.349. The van der Waals surface area contributed by atoms with Crippen LogP contribution in [0.5, 0.6) is 0 Å². The number of rotatable bonds is 3. The van der Waals surface area contributed by atoms with Crippen LogP contribution in [0.4, 0.5) is 0 Å². The van der Waals surface area contributed by atoms with E-state index in [0.29, 0.717) is 12.2 Å². The highest BCUT2D eigenvalue weighted by Gasteiger charge is 2.34. The van der Waals surface area contributed by atoms with Crippen LogP contribution in [0.25, 0.3) is 11.0 Å². The molecule has 1 unspecified atom stereocenters. The van der Waals surface area contributed by atoms with E-state index in [1.165, 1.54) is 0 Å². The second kappa shape index (κ2) is 4.94. The summed E-state index contributed by atoms with van der Waals surface area (Å²) in [5.41, 5.74) is 0.738. The van der Waals surface area contributed by atoms with E-state index >= 15 is 0 Å². The highest BCUT2D eigenvalue weighted by molar-refractivity contribution is 7.91. The Morgan fingerprint density at radius 2 is 2.15 bits per heavy atom. The molecular weight excluding hydrogens is 280 g/mol. The van der Waals surface area contributed by atoms with Crippen LogP contribution in [0.3, 0.4) is 0 Å². The Morgan fingerprint density at radius 3 is 2.85 bits per heavy atom. The maximum atomic E-state index is 11.8. The van der Waals surface area contributed by atoms with Crippen LogP contribution < -0.4 is 0 Å². The van der Waals surface area contributed by atoms with Crippen molar-refractivity contribution in [2.24, 2.45) is 5.92 Å². The predicted molar refractivity (Wildman–Crippen MR) is 72.8 cm³/mol. The molecule has 6 heteroatoms. The fourth-order valence-corrected chi connectivity index (χ4v) is 4.08. The standard InChI is InChI=1S/C14H14O5S/c15-14(11-5-6-20(16,17)9-11)18-8-12-7-10-3-1-2-4-13(10)19-12/h1-4,7,11H,5-6,8-9H2. The monoisotopic (exact) mass is 294 g/mol. The number of fused-ring (bicyclic) bond motifs is 1. The third kappa shape index (κ3) is 2.70. The lowest BCUT2D eigenvalue weighted by Crippen LogP contribution is -2.18. The third-order valence-corrected chi connectivity index (χ3v) is 5.17. The second-order valence-corrected chi connectivity index (χ2v) is 7.19. The van der Waals surface area contributed by atoms with Gasteiger partial charge in [0.25, 0.3) is 0 Å². The molecule has 1 atom stereocenters. The lowest BCUT2D eigenvalue weighted by atomic mass is 10.1. The minimum atomic E-state index is -3.07. The molecule has 0 N–H and O–H groups in total. The Hall–Kier alpha value is -1.82. The van der Waals surface area contributed by atoms with Gasteiger partial charge in [0, 0.05) is 5.39 Å². The predicted octanol–water partition coefficient (Wildman–Crippen LogP) is 1.91. The summed E-state index contributed by atoms with van der Waals surface area (Å²) in [6.45, 7) is 0.0318. The van der Waals surface area contributed by atoms with E-state index in [-0.39, 0.29) is 18.1 Å². The van der Waals surface area contributed by atoms with Crippen LogP contribution in [0.2, 0.25) is 0 Å². The number of sulfone groups is 1. The van der Waals surface area contributed by atoms with Crippen molar-refractivity contribution in [2.45, 2.75) is 13.0 Å². The molecular formula is C14H14O5S. The van der Waals surface area contributed by atoms with Crippen molar-refractivity contribution in [3.63, 3.8) is 0 Å². The fraction of sp³-hybridized carbons (Fsp3) is 0.357. The van der Waals surface area contributed by atoms with Gasteiger partial charge in [-0.1, -0.05) is 18.2 Å². The number of hydrogen-bond acceptors (Lipinski definition) is 5. The number of esters is 1. The Kier molecular flexibility index (Phi) is 3.25. The van der Waals surface area contributed by atoms with Crippen LogP contribution in [0.15, 0.2) is 34.7 Å². The van der Waals surface area contributed by atoms with E-state index in [0.717, 1.165) is 11.0 Å². The van der Waals surface area contributed by atoms with Crippen molar-refractivity contribution in [1.29, 1.82) is 0 Å². The summed E-state index contributed by atoms with van der Waals surface area (Å²) < 4.78 is 33.3. The number of furan rings is 1. The molecule has 1 saturated heterocycles. The highest BCUT2D eigenvalue weighted by Crippen LogP contribution is 2.22. The smallest absolute Gasteiger partial charge is 0.310 e. The number of para-hydroxylation sites is 1. The van der Waals surface area contributed by atoms with Crippen molar-refractivity contribution >= 4 is 26.8 Å². The van der Waals surface area contributed by atoms with E-state index in [4.69, 9.17) is 9.15 Å². The third-order valence-electron chi connectivity index (χ3n) is 3.40. The van der Waals surface area contributed by atoms with Crippen LogP contribution in [-0.4, -0.2) is 25.9 Å². The summed E-state index contributed by atoms with van der Waals surface area (Å²) >= 11 is 0. The molecule has 3 rings (SSSR count). The molecule has 1 aliphatic heterocycles. The van der Waals surface area contributed by atoms with E-state index in [9.17, 15) is 13.2 Å². The van der Waals surface area contributed by atoms with Gasteiger partial charge in [0.15, 0.2) is 9.84 Å². The average Bonchev–Trinajstić information content (AvgIpc) is 2.98. The highest BCUT2D eigenvalue weighted by atomic mass is 32.2. The SMILES string of the molecule is O=C(OCc1cc2ccccc2o1)C1CCS(=O)(=O)C1. The van der Waals surface area contributed by atoms with Crippen LogP contribution in [-0.2, 0) is 26.0 Å². The van der Waals surface area contributed by atoms with Crippen LogP contribution in [0.1, 0.15) is 12.2 Å². The normalized spacial score (nSPS) is 21.1. The minimum absolute atomic E-state index is 0.0318. The first kappa shape index (κ1) is 13.2. The molecule has 0 aliphatic carbocycles. The van der Waals surface area contributed by atoms with E-state index in [2.05, 4.69) is 0 Å². The lowest BCUT2D eigenvalue weighted by Gasteiger charge is -2.06. The maximum absolute atomic E-state index is 11.8. The van der Waals surface area contributed by atoms with Gasteiger partial charge in [-0.2, -0.15) is 0 Å². The minimum Gasteiger partial charge on any atom is -0.457 e. The molecule has 1 fully saturated rings. The summed E-state index contributed by atoms with van der Waals surface area (Å²) in [7, 11) is -3.07. The Morgan fingerprint density at radius 1 is 1.35 bits per heavy atom. The lowest BCUT2D eigenvalue weighted by molar-refractivity contribution is -0.149. The molecule has 1 aromatic heterocycles. The number of carbonyl (C=O) groups excluding carboxylic acids is 1. The summed E-state index contributed by atoms with van der Waals surface area (Å²) in [5, 5.41) is 0.946. The van der Waals surface area contributed by atoms with Gasteiger partial charge in [0.2, 0.25) is 0 Å². The van der Waals surface area contributed by atoms with Gasteiger partial charge in [0.1, 0.15) is 18.0 Å². The average molecular weight is 294 g/mol. The first-order chi connectivity index (χ1) is 9.53. The van der Waals surface area contributed by atoms with Gasteiger partial charge in [-0.15, -0.1) is 0 Å². The molecule has 2 heterocycles. The Balaban J connectivity index is 1.63.